The molecule has 18 heavy (non-hydrogen) atoms. The first-order valence-electron chi connectivity index (χ1n) is 5.20. The van der Waals surface area contributed by atoms with Crippen molar-refractivity contribution in [1.82, 2.24) is 29.4 Å². The van der Waals surface area contributed by atoms with Gasteiger partial charge in [0.2, 0.25) is 5.78 Å². The summed E-state index contributed by atoms with van der Waals surface area (Å²) in [5.74, 6) is 0.332. The van der Waals surface area contributed by atoms with Crippen LogP contribution in [0.4, 0.5) is 0 Å². The largest absolute Gasteiger partial charge is 0.466 e. The second-order valence-corrected chi connectivity index (χ2v) is 3.76. The topological polar surface area (TPSA) is 90.1 Å². The third-order valence-electron chi connectivity index (χ3n) is 2.50. The Morgan fingerprint density at radius 1 is 1.44 bits per heavy atom. The van der Waals surface area contributed by atoms with Gasteiger partial charge in [-0.3, -0.25) is 14.5 Å². The fourth-order valence-corrected chi connectivity index (χ4v) is 1.72. The summed E-state index contributed by atoms with van der Waals surface area (Å²) >= 11 is 0. The Bertz CT molecular complexity index is 768. The number of hydrogen-bond acceptors (Lipinski definition) is 5. The van der Waals surface area contributed by atoms with Crippen molar-refractivity contribution in [3.8, 4) is 17.3 Å². The maximum atomic E-state index is 11.6. The third kappa shape index (κ3) is 1.54. The fourth-order valence-electron chi connectivity index (χ4n) is 1.72. The van der Waals surface area contributed by atoms with E-state index in [4.69, 9.17) is 4.74 Å². The highest BCUT2D eigenvalue weighted by Crippen LogP contribution is 2.17. The summed E-state index contributed by atoms with van der Waals surface area (Å²) in [7, 11) is 3.27. The van der Waals surface area contributed by atoms with E-state index in [1.165, 1.54) is 17.7 Å². The van der Waals surface area contributed by atoms with Crippen molar-refractivity contribution >= 4 is 5.78 Å². The Morgan fingerprint density at radius 2 is 2.28 bits per heavy atom. The number of rotatable bonds is 2. The number of fused-ring (bicyclic) bond motifs is 1. The molecule has 0 bridgehead atoms. The van der Waals surface area contributed by atoms with Crippen LogP contribution in [0.25, 0.3) is 17.0 Å². The molecule has 0 spiro atoms. The van der Waals surface area contributed by atoms with Crippen molar-refractivity contribution in [2.45, 2.75) is 0 Å². The molecule has 0 aromatic carbocycles. The Kier molecular flexibility index (Phi) is 2.15. The second kappa shape index (κ2) is 3.69. The summed E-state index contributed by atoms with van der Waals surface area (Å²) in [6.07, 6.45) is 3.45. The first-order chi connectivity index (χ1) is 8.67. The summed E-state index contributed by atoms with van der Waals surface area (Å²) in [6.45, 7) is 0. The van der Waals surface area contributed by atoms with Gasteiger partial charge in [-0.25, -0.2) is 0 Å². The fraction of sp³-hybridized carbons (Fsp3) is 0.200. The maximum absolute atomic E-state index is 11.6. The lowest BCUT2D eigenvalue weighted by Crippen LogP contribution is -2.09. The standard InChI is InChI=1S/C10H10N6O2/c1-15-5-6(4-11-15)7-3-8(17)12-9-13-10(18-2)14-16(7)9/h3-5H,1-2H3,(H,12,13,14,17). The SMILES string of the molecule is COc1nc2[nH]c(=O)cc(-c3cnn(C)c3)n2n1. The molecule has 0 aliphatic heterocycles. The third-order valence-corrected chi connectivity index (χ3v) is 2.50. The summed E-state index contributed by atoms with van der Waals surface area (Å²) in [4.78, 5) is 18.2. The average Bonchev–Trinajstić information content (AvgIpc) is 2.93. The van der Waals surface area contributed by atoms with E-state index >= 15 is 0 Å². The predicted octanol–water partition coefficient (Wildman–Crippen LogP) is -0.173. The molecule has 0 saturated heterocycles. The first kappa shape index (κ1) is 10.5. The van der Waals surface area contributed by atoms with Gasteiger partial charge in [0.15, 0.2) is 0 Å². The van der Waals surface area contributed by atoms with Crippen LogP contribution in [0.1, 0.15) is 0 Å². The summed E-state index contributed by atoms with van der Waals surface area (Å²) in [6, 6.07) is 1.64. The zero-order chi connectivity index (χ0) is 12.7. The highest BCUT2D eigenvalue weighted by Gasteiger charge is 2.12. The molecular formula is C10H10N6O2. The molecule has 8 nitrogen and oxygen atoms in total. The summed E-state index contributed by atoms with van der Waals surface area (Å²) in [5, 5.41) is 8.20. The number of H-pyrrole nitrogens is 1. The Morgan fingerprint density at radius 3 is 2.94 bits per heavy atom. The van der Waals surface area contributed by atoms with Crippen LogP contribution in [-0.4, -0.2) is 36.5 Å². The van der Waals surface area contributed by atoms with Crippen LogP contribution in [0.3, 0.4) is 0 Å². The molecule has 0 amide bonds. The van der Waals surface area contributed by atoms with Gasteiger partial charge < -0.3 is 4.74 Å². The zero-order valence-electron chi connectivity index (χ0n) is 9.78. The maximum Gasteiger partial charge on any atom is 0.337 e. The van der Waals surface area contributed by atoms with Crippen molar-refractivity contribution < 1.29 is 4.74 Å². The van der Waals surface area contributed by atoms with Crippen molar-refractivity contribution in [2.75, 3.05) is 7.11 Å². The van der Waals surface area contributed by atoms with E-state index < -0.39 is 0 Å². The number of ether oxygens (including phenoxy) is 1. The number of nitrogens with one attached hydrogen (secondary N) is 1. The minimum absolute atomic E-state index is 0.196. The minimum Gasteiger partial charge on any atom is -0.466 e. The van der Waals surface area contributed by atoms with Gasteiger partial charge in [-0.15, -0.1) is 5.10 Å². The molecule has 0 atom stereocenters. The van der Waals surface area contributed by atoms with Crippen molar-refractivity contribution in [2.24, 2.45) is 7.05 Å². The van der Waals surface area contributed by atoms with Gasteiger partial charge in [-0.05, 0) is 0 Å². The predicted molar refractivity (Wildman–Crippen MR) is 62.4 cm³/mol. The van der Waals surface area contributed by atoms with E-state index in [0.717, 1.165) is 5.56 Å². The lowest BCUT2D eigenvalue weighted by atomic mass is 10.2. The number of aromatic nitrogens is 6. The minimum atomic E-state index is -0.253. The molecule has 0 radical (unpaired) electrons. The highest BCUT2D eigenvalue weighted by atomic mass is 16.5. The molecule has 3 aromatic rings. The summed E-state index contributed by atoms with van der Waals surface area (Å²) < 4.78 is 8.11. The molecule has 3 heterocycles. The molecule has 3 rings (SSSR count). The molecule has 3 aromatic heterocycles. The van der Waals surface area contributed by atoms with Crippen LogP contribution in [0.2, 0.25) is 0 Å². The normalized spacial score (nSPS) is 11.0. The molecule has 0 saturated carbocycles. The number of methoxy groups -OCH3 is 1. The smallest absolute Gasteiger partial charge is 0.337 e. The number of aromatic amines is 1. The van der Waals surface area contributed by atoms with Crippen molar-refractivity contribution in [1.29, 1.82) is 0 Å². The van der Waals surface area contributed by atoms with E-state index in [1.54, 1.807) is 24.1 Å². The Labute approximate surface area is 101 Å². The van der Waals surface area contributed by atoms with E-state index in [2.05, 4.69) is 20.2 Å². The van der Waals surface area contributed by atoms with E-state index in [0.29, 0.717) is 11.5 Å². The molecule has 92 valence electrons. The van der Waals surface area contributed by atoms with Crippen LogP contribution in [0.5, 0.6) is 6.01 Å². The molecule has 0 aliphatic rings. The van der Waals surface area contributed by atoms with Crippen LogP contribution >= 0.6 is 0 Å². The molecule has 8 heteroatoms. The lowest BCUT2D eigenvalue weighted by Gasteiger charge is -1.99. The van der Waals surface area contributed by atoms with Crippen LogP contribution in [0.15, 0.2) is 23.3 Å². The van der Waals surface area contributed by atoms with Crippen molar-refractivity contribution in [3.05, 3.63) is 28.8 Å². The van der Waals surface area contributed by atoms with Gasteiger partial charge in [-0.2, -0.15) is 14.6 Å². The van der Waals surface area contributed by atoms with Gasteiger partial charge in [0, 0.05) is 24.9 Å². The number of nitrogens with zero attached hydrogens (tertiary/aromatic N) is 5. The zero-order valence-corrected chi connectivity index (χ0v) is 9.78. The first-order valence-corrected chi connectivity index (χ1v) is 5.20. The van der Waals surface area contributed by atoms with Gasteiger partial charge in [0.1, 0.15) is 0 Å². The summed E-state index contributed by atoms with van der Waals surface area (Å²) in [5.41, 5.74) is 1.13. The molecule has 0 aliphatic carbocycles. The van der Waals surface area contributed by atoms with Gasteiger partial charge >= 0.3 is 6.01 Å². The van der Waals surface area contributed by atoms with E-state index in [1.807, 2.05) is 0 Å². The number of hydrogen-bond donors (Lipinski definition) is 1. The average molecular weight is 246 g/mol. The van der Waals surface area contributed by atoms with Crippen LogP contribution in [-0.2, 0) is 7.05 Å². The molecule has 1 N–H and O–H groups in total. The van der Waals surface area contributed by atoms with Gasteiger partial charge in [0.05, 0.1) is 19.0 Å². The Balaban J connectivity index is 2.33. The lowest BCUT2D eigenvalue weighted by molar-refractivity contribution is 0.380. The Hall–Kier alpha value is -2.64. The quantitative estimate of drug-likeness (QED) is 0.677. The van der Waals surface area contributed by atoms with Gasteiger partial charge in [0.25, 0.3) is 5.56 Å². The number of aryl methyl sites for hydroxylation is 1. The molecular weight excluding hydrogens is 236 g/mol. The van der Waals surface area contributed by atoms with Gasteiger partial charge in [-0.1, -0.05) is 0 Å². The van der Waals surface area contributed by atoms with Crippen LogP contribution < -0.4 is 10.3 Å². The molecule has 0 unspecified atom stereocenters. The monoisotopic (exact) mass is 246 g/mol. The molecule has 0 fully saturated rings. The second-order valence-electron chi connectivity index (χ2n) is 3.76. The van der Waals surface area contributed by atoms with Crippen LogP contribution in [0, 0.1) is 0 Å². The van der Waals surface area contributed by atoms with E-state index in [-0.39, 0.29) is 11.6 Å². The highest BCUT2D eigenvalue weighted by molar-refractivity contribution is 5.59. The van der Waals surface area contributed by atoms with E-state index in [9.17, 15) is 4.79 Å². The van der Waals surface area contributed by atoms with Crippen molar-refractivity contribution in [3.63, 3.8) is 0 Å².